The molecule has 2 atom stereocenters. The van der Waals surface area contributed by atoms with Gasteiger partial charge in [0.25, 0.3) is 0 Å². The van der Waals surface area contributed by atoms with Crippen LogP contribution >= 0.6 is 70.6 Å². The topological polar surface area (TPSA) is 155 Å². The standard InChI is InChI=1S/C34H38O11S6/c35-29(36)9-11-31(39)44-27(19-46-21-33-48-13-14-49-33)17-41-23-1-5-25(6-2-23)43-26-7-3-24(4-8-26)42-18-28(45-32(40)12-10-30(37)38)20-47-22-34-50-15-16-51-34/h1-12,27-28,33-34H,13-22H2,(H,35,36)(H,37,38)/b11-9+,12-10+. The highest BCUT2D eigenvalue weighted by molar-refractivity contribution is 8.21. The van der Waals surface area contributed by atoms with Gasteiger partial charge in [-0.15, -0.1) is 47.0 Å². The maximum Gasteiger partial charge on any atom is 0.331 e. The van der Waals surface area contributed by atoms with Crippen LogP contribution in [-0.2, 0) is 28.7 Å². The molecule has 2 aromatic carbocycles. The Bertz CT molecular complexity index is 1350. The molecule has 2 N–H and O–H groups in total. The molecule has 0 amide bonds. The van der Waals surface area contributed by atoms with Crippen molar-refractivity contribution in [1.29, 1.82) is 0 Å². The van der Waals surface area contributed by atoms with E-state index < -0.39 is 36.1 Å². The first-order valence-corrected chi connectivity index (χ1v) is 22.2. The van der Waals surface area contributed by atoms with Crippen LogP contribution in [0.4, 0.5) is 0 Å². The minimum atomic E-state index is -1.23. The Kier molecular flexibility index (Phi) is 18.6. The summed E-state index contributed by atoms with van der Waals surface area (Å²) in [6.45, 7) is 0.200. The van der Waals surface area contributed by atoms with Crippen LogP contribution < -0.4 is 14.2 Å². The number of carboxylic acid groups (broad SMARTS) is 2. The lowest BCUT2D eigenvalue weighted by atomic mass is 10.3. The van der Waals surface area contributed by atoms with Gasteiger partial charge in [-0.1, -0.05) is 0 Å². The number of rotatable bonds is 22. The Morgan fingerprint density at radius 1 is 0.608 bits per heavy atom. The molecule has 51 heavy (non-hydrogen) atoms. The lowest BCUT2D eigenvalue weighted by Crippen LogP contribution is -2.27. The Morgan fingerprint density at radius 2 is 0.961 bits per heavy atom. The largest absolute Gasteiger partial charge is 0.490 e. The highest BCUT2D eigenvalue weighted by Gasteiger charge is 2.21. The minimum absolute atomic E-state index is 0.0999. The van der Waals surface area contributed by atoms with E-state index in [1.807, 2.05) is 47.0 Å². The Hall–Kier alpha value is -2.70. The zero-order valence-electron chi connectivity index (χ0n) is 27.3. The number of carboxylic acids is 2. The van der Waals surface area contributed by atoms with E-state index in [-0.39, 0.29) is 13.2 Å². The molecule has 11 nitrogen and oxygen atoms in total. The smallest absolute Gasteiger partial charge is 0.331 e. The van der Waals surface area contributed by atoms with Gasteiger partial charge in [-0.3, -0.25) is 0 Å². The van der Waals surface area contributed by atoms with Gasteiger partial charge in [0.05, 0.1) is 9.16 Å². The van der Waals surface area contributed by atoms with Crippen LogP contribution in [0, 0.1) is 0 Å². The fourth-order valence-electron chi connectivity index (χ4n) is 4.24. The van der Waals surface area contributed by atoms with Crippen molar-refractivity contribution in [3.05, 3.63) is 72.8 Å². The molecule has 0 aromatic heterocycles. The second-order valence-electron chi connectivity index (χ2n) is 10.5. The van der Waals surface area contributed by atoms with Gasteiger partial charge >= 0.3 is 23.9 Å². The van der Waals surface area contributed by atoms with Crippen LogP contribution in [-0.4, -0.2) is 115 Å². The van der Waals surface area contributed by atoms with Gasteiger partial charge in [-0.25, -0.2) is 19.2 Å². The molecule has 2 saturated heterocycles. The van der Waals surface area contributed by atoms with Crippen molar-refractivity contribution < 1.29 is 53.1 Å². The Balaban J connectivity index is 1.24. The molecule has 0 spiro atoms. The number of carbonyl (C=O) groups is 4. The van der Waals surface area contributed by atoms with Crippen molar-refractivity contribution in [2.24, 2.45) is 0 Å². The van der Waals surface area contributed by atoms with Crippen LogP contribution in [0.25, 0.3) is 0 Å². The predicted octanol–water partition coefficient (Wildman–Crippen LogP) is 6.42. The number of carbonyl (C=O) groups excluding carboxylic acids is 2. The summed E-state index contributed by atoms with van der Waals surface area (Å²) >= 11 is 11.0. The van der Waals surface area contributed by atoms with Gasteiger partial charge in [-0.2, -0.15) is 23.5 Å². The Morgan fingerprint density at radius 3 is 1.31 bits per heavy atom. The number of thioether (sulfide) groups is 6. The highest BCUT2D eigenvalue weighted by Crippen LogP contribution is 2.35. The van der Waals surface area contributed by atoms with Gasteiger partial charge in [0.15, 0.2) is 0 Å². The van der Waals surface area contributed by atoms with Crippen LogP contribution in [0.1, 0.15) is 0 Å². The summed E-state index contributed by atoms with van der Waals surface area (Å²) in [4.78, 5) is 45.8. The van der Waals surface area contributed by atoms with Crippen molar-refractivity contribution in [2.75, 3.05) is 59.2 Å². The maximum atomic E-state index is 12.1. The monoisotopic (exact) mass is 814 g/mol. The molecule has 0 saturated carbocycles. The molecule has 2 aliphatic heterocycles. The summed E-state index contributed by atoms with van der Waals surface area (Å²) in [5.74, 6) is 5.68. The highest BCUT2D eigenvalue weighted by atomic mass is 32.2. The second-order valence-corrected chi connectivity index (χ2v) is 18.5. The van der Waals surface area contributed by atoms with E-state index in [4.69, 9.17) is 33.9 Å². The molecule has 276 valence electrons. The fourth-order valence-corrected chi connectivity index (χ4v) is 13.0. The zero-order valence-corrected chi connectivity index (χ0v) is 32.2. The van der Waals surface area contributed by atoms with Crippen LogP contribution in [0.2, 0.25) is 0 Å². The number of benzene rings is 2. The van der Waals surface area contributed by atoms with E-state index in [0.29, 0.717) is 43.7 Å². The van der Waals surface area contributed by atoms with E-state index in [2.05, 4.69) is 0 Å². The van der Waals surface area contributed by atoms with Crippen molar-refractivity contribution in [3.8, 4) is 23.0 Å². The number of hydrogen-bond acceptors (Lipinski definition) is 15. The van der Waals surface area contributed by atoms with Crippen LogP contribution in [0.3, 0.4) is 0 Å². The zero-order chi connectivity index (χ0) is 36.3. The number of aliphatic carboxylic acids is 2. The SMILES string of the molecule is O=C(O)/C=C/C(=O)OC(COc1ccc(Oc2ccc(OCC(CSCC3SCCS3)OC(=O)/C=C/C(=O)O)cc2)cc1)CSCC1SCCS1. The Labute approximate surface area is 322 Å². The van der Waals surface area contributed by atoms with E-state index in [1.54, 1.807) is 72.1 Å². The molecule has 2 aromatic rings. The molecule has 2 unspecified atom stereocenters. The molecule has 2 aliphatic rings. The summed E-state index contributed by atoms with van der Waals surface area (Å²) in [7, 11) is 0. The summed E-state index contributed by atoms with van der Waals surface area (Å²) in [5, 5.41) is 17.6. The maximum absolute atomic E-state index is 12.1. The first-order chi connectivity index (χ1) is 24.7. The first kappa shape index (κ1) is 41.1. The van der Waals surface area contributed by atoms with Crippen molar-refractivity contribution in [2.45, 2.75) is 21.4 Å². The summed E-state index contributed by atoms with van der Waals surface area (Å²) in [6.07, 6.45) is 2.14. The lowest BCUT2D eigenvalue weighted by molar-refractivity contribution is -0.144. The van der Waals surface area contributed by atoms with Gasteiger partial charge in [-0.05, 0) is 48.5 Å². The normalized spacial score (nSPS) is 16.2. The number of hydrogen-bond donors (Lipinski definition) is 2. The summed E-state index contributed by atoms with van der Waals surface area (Å²) < 4.78 is 29.7. The third kappa shape index (κ3) is 17.1. The summed E-state index contributed by atoms with van der Waals surface area (Å²) in [5.41, 5.74) is 0. The van der Waals surface area contributed by atoms with Crippen LogP contribution in [0.15, 0.2) is 72.8 Å². The van der Waals surface area contributed by atoms with Crippen molar-refractivity contribution >= 4 is 94.4 Å². The third-order valence-corrected chi connectivity index (χ3v) is 15.8. The van der Waals surface area contributed by atoms with E-state index in [0.717, 1.165) is 58.8 Å². The average Bonchev–Trinajstić information content (AvgIpc) is 3.84. The van der Waals surface area contributed by atoms with Crippen molar-refractivity contribution in [3.63, 3.8) is 0 Å². The van der Waals surface area contributed by atoms with Gasteiger partial charge < -0.3 is 33.9 Å². The molecule has 2 heterocycles. The fraction of sp³-hybridized carbons (Fsp3) is 0.412. The molecule has 0 bridgehead atoms. The first-order valence-electron chi connectivity index (χ1n) is 15.7. The van der Waals surface area contributed by atoms with Crippen LogP contribution in [0.5, 0.6) is 23.0 Å². The van der Waals surface area contributed by atoms with Gasteiger partial charge in [0.2, 0.25) is 0 Å². The number of esters is 2. The van der Waals surface area contributed by atoms with E-state index in [1.165, 1.54) is 0 Å². The lowest BCUT2D eigenvalue weighted by Gasteiger charge is -2.19. The molecule has 0 aliphatic carbocycles. The molecular formula is C34H38O11S6. The van der Waals surface area contributed by atoms with Gasteiger partial charge in [0, 0.05) is 70.3 Å². The van der Waals surface area contributed by atoms with Crippen molar-refractivity contribution in [1.82, 2.24) is 0 Å². The second kappa shape index (κ2) is 23.1. The third-order valence-electron chi connectivity index (χ3n) is 6.54. The molecule has 0 radical (unpaired) electrons. The predicted molar refractivity (Wildman–Crippen MR) is 209 cm³/mol. The van der Waals surface area contributed by atoms with Gasteiger partial charge in [0.1, 0.15) is 48.4 Å². The average molecular weight is 815 g/mol. The molecular weight excluding hydrogens is 777 g/mol. The minimum Gasteiger partial charge on any atom is -0.490 e. The molecule has 2 fully saturated rings. The number of ether oxygens (including phenoxy) is 5. The van der Waals surface area contributed by atoms with E-state index >= 15 is 0 Å². The summed E-state index contributed by atoms with van der Waals surface area (Å²) in [6, 6.07) is 14.0. The molecule has 4 rings (SSSR count). The quantitative estimate of drug-likeness (QED) is 0.0991. The molecule has 17 heteroatoms. The van der Waals surface area contributed by atoms with E-state index in [9.17, 15) is 19.2 Å².